The Labute approximate surface area is 240 Å². The highest BCUT2D eigenvalue weighted by Gasteiger charge is 2.27. The molecule has 1 aromatic heterocycles. The molecule has 0 atom stereocenters. The van der Waals surface area contributed by atoms with E-state index in [1.165, 1.54) is 12.1 Å². The molecule has 0 unspecified atom stereocenters. The zero-order valence-electron chi connectivity index (χ0n) is 20.2. The first-order valence-electron chi connectivity index (χ1n) is 11.8. The Bertz CT molecular complexity index is 1540. The third-order valence-corrected chi connectivity index (χ3v) is 8.71. The molecule has 0 spiro atoms. The quantitative estimate of drug-likeness (QED) is 0.194. The van der Waals surface area contributed by atoms with Crippen LogP contribution in [0.1, 0.15) is 12.0 Å². The predicted octanol–water partition coefficient (Wildman–Crippen LogP) is 6.11. The zero-order chi connectivity index (χ0) is 27.1. The van der Waals surface area contributed by atoms with Crippen molar-refractivity contribution in [1.29, 1.82) is 0 Å². The number of rotatable bonds is 11. The number of pyridine rings is 1. The maximum absolute atomic E-state index is 13.4. The van der Waals surface area contributed by atoms with Gasteiger partial charge in [0.2, 0.25) is 15.9 Å². The number of fused-ring (bicyclic) bond motifs is 1. The standard InChI is InChI=1S/C27H25BrCl2N4O3S/c28-20-6-9-22(10-7-20)38(36,37)34(17-19-4-1-2-5-24(19)30)18-27(35)33-14-3-13-31-25-12-15-32-26-16-21(29)8-11-23(25)26/h1-2,4-12,15-16H,3,13-14,17-18H2,(H,31,32)(H,33,35). The molecule has 38 heavy (non-hydrogen) atoms. The van der Waals surface area contributed by atoms with Gasteiger partial charge < -0.3 is 10.6 Å². The van der Waals surface area contributed by atoms with E-state index in [0.717, 1.165) is 25.4 Å². The Balaban J connectivity index is 1.37. The molecular weight excluding hydrogens is 611 g/mol. The molecule has 0 bridgehead atoms. The number of carbonyl (C=O) groups is 1. The molecule has 1 amide bonds. The number of hydrogen-bond acceptors (Lipinski definition) is 5. The van der Waals surface area contributed by atoms with Crippen LogP contribution in [-0.4, -0.2) is 43.2 Å². The molecule has 0 fully saturated rings. The lowest BCUT2D eigenvalue weighted by Gasteiger charge is -2.22. The number of sulfonamides is 1. The first-order valence-corrected chi connectivity index (χ1v) is 14.8. The Kier molecular flexibility index (Phi) is 9.62. The van der Waals surface area contributed by atoms with Gasteiger partial charge in [0.25, 0.3) is 0 Å². The fourth-order valence-electron chi connectivity index (χ4n) is 3.83. The molecule has 0 aliphatic carbocycles. The van der Waals surface area contributed by atoms with Crippen LogP contribution >= 0.6 is 39.1 Å². The summed E-state index contributed by atoms with van der Waals surface area (Å²) in [5.41, 5.74) is 2.32. The highest BCUT2D eigenvalue weighted by atomic mass is 79.9. The minimum atomic E-state index is -3.96. The number of aromatic nitrogens is 1. The summed E-state index contributed by atoms with van der Waals surface area (Å²) >= 11 is 15.7. The van der Waals surface area contributed by atoms with Crippen molar-refractivity contribution in [1.82, 2.24) is 14.6 Å². The monoisotopic (exact) mass is 634 g/mol. The van der Waals surface area contributed by atoms with E-state index in [1.54, 1.807) is 48.7 Å². The van der Waals surface area contributed by atoms with Crippen LogP contribution in [-0.2, 0) is 21.4 Å². The van der Waals surface area contributed by atoms with E-state index < -0.39 is 15.9 Å². The summed E-state index contributed by atoms with van der Waals surface area (Å²) < 4.78 is 28.7. The van der Waals surface area contributed by atoms with Crippen molar-refractivity contribution in [2.75, 3.05) is 25.0 Å². The fourth-order valence-corrected chi connectivity index (χ4v) is 5.83. The Morgan fingerprint density at radius 3 is 2.50 bits per heavy atom. The lowest BCUT2D eigenvalue weighted by atomic mass is 10.2. The van der Waals surface area contributed by atoms with E-state index in [2.05, 4.69) is 31.5 Å². The van der Waals surface area contributed by atoms with Gasteiger partial charge in [-0.3, -0.25) is 9.78 Å². The van der Waals surface area contributed by atoms with Crippen molar-refractivity contribution >= 4 is 71.7 Å². The molecule has 0 aliphatic heterocycles. The van der Waals surface area contributed by atoms with E-state index in [9.17, 15) is 13.2 Å². The van der Waals surface area contributed by atoms with Crippen LogP contribution in [0.3, 0.4) is 0 Å². The molecule has 0 radical (unpaired) electrons. The fraction of sp³-hybridized carbons (Fsp3) is 0.185. The highest BCUT2D eigenvalue weighted by Crippen LogP contribution is 2.25. The molecule has 1 heterocycles. The number of nitrogens with zero attached hydrogens (tertiary/aromatic N) is 2. The summed E-state index contributed by atoms with van der Waals surface area (Å²) in [5.74, 6) is -0.401. The van der Waals surface area contributed by atoms with E-state index in [0.29, 0.717) is 35.1 Å². The lowest BCUT2D eigenvalue weighted by molar-refractivity contribution is -0.121. The first kappa shape index (κ1) is 28.3. The zero-order valence-corrected chi connectivity index (χ0v) is 24.1. The average molecular weight is 636 g/mol. The largest absolute Gasteiger partial charge is 0.384 e. The Morgan fingerprint density at radius 2 is 1.74 bits per heavy atom. The third-order valence-electron chi connectivity index (χ3n) is 5.77. The molecular formula is C27H25BrCl2N4O3S. The third kappa shape index (κ3) is 7.24. The molecule has 3 aromatic carbocycles. The summed E-state index contributed by atoms with van der Waals surface area (Å²) in [5, 5.41) is 8.18. The number of carbonyl (C=O) groups excluding carboxylic acids is 1. The van der Waals surface area contributed by atoms with E-state index >= 15 is 0 Å². The highest BCUT2D eigenvalue weighted by molar-refractivity contribution is 9.10. The number of hydrogen-bond donors (Lipinski definition) is 2. The molecule has 7 nitrogen and oxygen atoms in total. The van der Waals surface area contributed by atoms with Gasteiger partial charge in [-0.15, -0.1) is 0 Å². The first-order chi connectivity index (χ1) is 18.2. The molecule has 2 N–H and O–H groups in total. The summed E-state index contributed by atoms with van der Waals surface area (Å²) in [6, 6.07) is 20.7. The maximum atomic E-state index is 13.4. The van der Waals surface area contributed by atoms with Gasteiger partial charge in [-0.05, 0) is 66.6 Å². The van der Waals surface area contributed by atoms with Gasteiger partial charge >= 0.3 is 0 Å². The number of amides is 1. The normalized spacial score (nSPS) is 11.6. The molecule has 198 valence electrons. The molecule has 11 heteroatoms. The molecule has 0 aliphatic rings. The van der Waals surface area contributed by atoms with Crippen molar-refractivity contribution in [3.8, 4) is 0 Å². The smallest absolute Gasteiger partial charge is 0.243 e. The van der Waals surface area contributed by atoms with Gasteiger partial charge in [-0.2, -0.15) is 4.31 Å². The van der Waals surface area contributed by atoms with Gasteiger partial charge in [-0.25, -0.2) is 8.42 Å². The van der Waals surface area contributed by atoms with Crippen molar-refractivity contribution in [2.24, 2.45) is 0 Å². The van der Waals surface area contributed by atoms with Crippen LogP contribution in [0, 0.1) is 0 Å². The van der Waals surface area contributed by atoms with Crippen LogP contribution in [0.15, 0.2) is 88.4 Å². The van der Waals surface area contributed by atoms with E-state index in [1.807, 2.05) is 18.2 Å². The van der Waals surface area contributed by atoms with Crippen LogP contribution in [0.4, 0.5) is 5.69 Å². The van der Waals surface area contributed by atoms with E-state index in [4.69, 9.17) is 23.2 Å². The Morgan fingerprint density at radius 1 is 0.974 bits per heavy atom. The topological polar surface area (TPSA) is 91.4 Å². The van der Waals surface area contributed by atoms with Crippen molar-refractivity contribution in [2.45, 2.75) is 17.9 Å². The summed E-state index contributed by atoms with van der Waals surface area (Å²) in [7, 11) is -3.96. The average Bonchev–Trinajstić information content (AvgIpc) is 2.89. The van der Waals surface area contributed by atoms with Gasteiger partial charge in [0.05, 0.1) is 17.0 Å². The SMILES string of the molecule is O=C(CN(Cc1ccccc1Cl)S(=O)(=O)c1ccc(Br)cc1)NCCCNc1ccnc2cc(Cl)ccc12. The van der Waals surface area contributed by atoms with Gasteiger partial charge in [0, 0.05) is 51.4 Å². The molecule has 4 aromatic rings. The summed E-state index contributed by atoms with van der Waals surface area (Å²) in [4.78, 5) is 17.2. The van der Waals surface area contributed by atoms with Crippen LogP contribution in [0.5, 0.6) is 0 Å². The van der Waals surface area contributed by atoms with Gasteiger partial charge in [-0.1, -0.05) is 57.3 Å². The molecule has 4 rings (SSSR count). The van der Waals surface area contributed by atoms with Crippen LogP contribution < -0.4 is 10.6 Å². The van der Waals surface area contributed by atoms with Crippen LogP contribution in [0.25, 0.3) is 10.9 Å². The van der Waals surface area contributed by atoms with Crippen molar-refractivity contribution in [3.63, 3.8) is 0 Å². The second-order valence-corrected chi connectivity index (χ2v) is 12.2. The van der Waals surface area contributed by atoms with Crippen molar-refractivity contribution < 1.29 is 13.2 Å². The number of nitrogens with one attached hydrogen (secondary N) is 2. The second-order valence-electron chi connectivity index (χ2n) is 8.47. The minimum Gasteiger partial charge on any atom is -0.384 e. The van der Waals surface area contributed by atoms with Gasteiger partial charge in [0.15, 0.2) is 0 Å². The minimum absolute atomic E-state index is 0.0355. The summed E-state index contributed by atoms with van der Waals surface area (Å²) in [6.45, 7) is 0.598. The Hall–Kier alpha value is -2.69. The van der Waals surface area contributed by atoms with Crippen molar-refractivity contribution in [3.05, 3.63) is 99.1 Å². The summed E-state index contributed by atoms with van der Waals surface area (Å²) in [6.07, 6.45) is 2.34. The number of benzene rings is 3. The molecule has 0 saturated carbocycles. The van der Waals surface area contributed by atoms with E-state index in [-0.39, 0.29) is 18.0 Å². The maximum Gasteiger partial charge on any atom is 0.243 e. The second kappa shape index (κ2) is 12.9. The van der Waals surface area contributed by atoms with Crippen LogP contribution in [0.2, 0.25) is 10.0 Å². The predicted molar refractivity (Wildman–Crippen MR) is 156 cm³/mol. The van der Waals surface area contributed by atoms with Gasteiger partial charge in [0.1, 0.15) is 0 Å². The lowest BCUT2D eigenvalue weighted by Crippen LogP contribution is -2.40. The number of anilines is 1. The number of halogens is 3. The molecule has 0 saturated heterocycles.